The second-order valence-electron chi connectivity index (χ2n) is 6.34. The van der Waals surface area contributed by atoms with Crippen LogP contribution in [0.2, 0.25) is 10.0 Å². The summed E-state index contributed by atoms with van der Waals surface area (Å²) in [7, 11) is 0. The molecular formula is C20H14Cl2N2O4S2. The lowest BCUT2D eigenvalue weighted by atomic mass is 10.2. The lowest BCUT2D eigenvalue weighted by Crippen LogP contribution is -2.31. The largest absolute Gasteiger partial charge is 0.454 e. The number of fused-ring (bicyclic) bond motifs is 1. The lowest BCUT2D eigenvalue weighted by molar-refractivity contribution is -0.122. The fourth-order valence-corrected chi connectivity index (χ4v) is 4.68. The number of nitrogens with zero attached hydrogens (tertiary/aromatic N) is 1. The maximum absolute atomic E-state index is 12.8. The summed E-state index contributed by atoms with van der Waals surface area (Å²) in [5, 5.41) is 3.36. The van der Waals surface area contributed by atoms with E-state index in [4.69, 9.17) is 44.9 Å². The summed E-state index contributed by atoms with van der Waals surface area (Å²) in [4.78, 5) is 27.0. The highest BCUT2D eigenvalue weighted by Crippen LogP contribution is 2.36. The summed E-state index contributed by atoms with van der Waals surface area (Å²) >= 11 is 18.6. The first-order valence-corrected chi connectivity index (χ1v) is 10.8. The first kappa shape index (κ1) is 21.0. The predicted molar refractivity (Wildman–Crippen MR) is 122 cm³/mol. The quantitative estimate of drug-likeness (QED) is 0.482. The number of benzene rings is 2. The van der Waals surface area contributed by atoms with Crippen molar-refractivity contribution in [3.8, 4) is 11.5 Å². The van der Waals surface area contributed by atoms with Gasteiger partial charge in [0.25, 0.3) is 5.91 Å². The van der Waals surface area contributed by atoms with Crippen molar-refractivity contribution < 1.29 is 19.1 Å². The summed E-state index contributed by atoms with van der Waals surface area (Å²) in [6, 6.07) is 10.4. The number of carbonyl (C=O) groups excluding carboxylic acids is 2. The molecule has 6 nitrogen and oxygen atoms in total. The van der Waals surface area contributed by atoms with Gasteiger partial charge in [0, 0.05) is 13.0 Å². The van der Waals surface area contributed by atoms with Gasteiger partial charge in [0.15, 0.2) is 11.5 Å². The third-order valence-electron chi connectivity index (χ3n) is 4.36. The van der Waals surface area contributed by atoms with Crippen molar-refractivity contribution in [3.05, 3.63) is 56.9 Å². The third kappa shape index (κ3) is 4.41. The summed E-state index contributed by atoms with van der Waals surface area (Å²) < 4.78 is 11.1. The van der Waals surface area contributed by atoms with Crippen LogP contribution in [0, 0.1) is 0 Å². The average Bonchev–Trinajstić information content (AvgIpc) is 3.27. The molecule has 0 saturated carbocycles. The van der Waals surface area contributed by atoms with Crippen molar-refractivity contribution in [3.63, 3.8) is 0 Å². The van der Waals surface area contributed by atoms with Crippen LogP contribution >= 0.6 is 47.2 Å². The van der Waals surface area contributed by atoms with Crippen LogP contribution in [-0.4, -0.2) is 34.4 Å². The second-order valence-corrected chi connectivity index (χ2v) is 8.83. The van der Waals surface area contributed by atoms with E-state index in [1.54, 1.807) is 36.4 Å². The molecular weight excluding hydrogens is 467 g/mol. The summed E-state index contributed by atoms with van der Waals surface area (Å²) in [6.45, 7) is 0.333. The molecule has 2 heterocycles. The number of rotatable bonds is 5. The maximum atomic E-state index is 12.8. The van der Waals surface area contributed by atoms with Gasteiger partial charge in [0.2, 0.25) is 12.7 Å². The Morgan fingerprint density at radius 2 is 1.93 bits per heavy atom. The SMILES string of the molecule is O=C(CCN1C(=O)C(=Cc2ccc3c(c2)OCO3)SC1=S)Nc1c(Cl)cccc1Cl. The van der Waals surface area contributed by atoms with Crippen molar-refractivity contribution in [1.29, 1.82) is 0 Å². The van der Waals surface area contributed by atoms with Gasteiger partial charge in [0.1, 0.15) is 4.32 Å². The molecule has 2 aromatic rings. The normalized spacial score (nSPS) is 16.5. The molecule has 0 aromatic heterocycles. The molecule has 1 fully saturated rings. The number of anilines is 1. The van der Waals surface area contributed by atoms with E-state index >= 15 is 0 Å². The third-order valence-corrected chi connectivity index (χ3v) is 6.37. The van der Waals surface area contributed by atoms with Crippen LogP contribution in [0.15, 0.2) is 41.3 Å². The van der Waals surface area contributed by atoms with E-state index in [2.05, 4.69) is 5.32 Å². The van der Waals surface area contributed by atoms with Gasteiger partial charge in [-0.1, -0.05) is 59.3 Å². The number of para-hydroxylation sites is 1. The Labute approximate surface area is 192 Å². The molecule has 10 heteroatoms. The molecule has 1 saturated heterocycles. The Balaban J connectivity index is 1.40. The van der Waals surface area contributed by atoms with Crippen LogP contribution in [0.1, 0.15) is 12.0 Å². The fourth-order valence-electron chi connectivity index (χ4n) is 2.88. The molecule has 154 valence electrons. The van der Waals surface area contributed by atoms with Crippen molar-refractivity contribution in [1.82, 2.24) is 4.90 Å². The number of ether oxygens (including phenoxy) is 2. The summed E-state index contributed by atoms with van der Waals surface area (Å²) in [6.07, 6.45) is 1.79. The van der Waals surface area contributed by atoms with E-state index in [1.165, 1.54) is 16.7 Å². The van der Waals surface area contributed by atoms with Crippen LogP contribution in [-0.2, 0) is 9.59 Å². The van der Waals surface area contributed by atoms with Crippen molar-refractivity contribution >= 4 is 75.1 Å². The molecule has 1 N–H and O–H groups in total. The van der Waals surface area contributed by atoms with Gasteiger partial charge < -0.3 is 14.8 Å². The van der Waals surface area contributed by atoms with Crippen LogP contribution < -0.4 is 14.8 Å². The summed E-state index contributed by atoms with van der Waals surface area (Å²) in [5.41, 5.74) is 1.14. The highest BCUT2D eigenvalue weighted by atomic mass is 35.5. The van der Waals surface area contributed by atoms with Crippen molar-refractivity contribution in [2.24, 2.45) is 0 Å². The number of thiocarbonyl (C=S) groups is 1. The van der Waals surface area contributed by atoms with Crippen molar-refractivity contribution in [2.75, 3.05) is 18.7 Å². The van der Waals surface area contributed by atoms with E-state index in [9.17, 15) is 9.59 Å². The van der Waals surface area contributed by atoms with Gasteiger partial charge in [-0.15, -0.1) is 0 Å². The first-order chi connectivity index (χ1) is 14.4. The minimum Gasteiger partial charge on any atom is -0.454 e. The van der Waals surface area contributed by atoms with E-state index < -0.39 is 0 Å². The average molecular weight is 481 g/mol. The second kappa shape index (κ2) is 8.85. The molecule has 2 aromatic carbocycles. The zero-order chi connectivity index (χ0) is 21.3. The Kier molecular flexibility index (Phi) is 6.19. The smallest absolute Gasteiger partial charge is 0.266 e. The lowest BCUT2D eigenvalue weighted by Gasteiger charge is -2.15. The molecule has 4 rings (SSSR count). The van der Waals surface area contributed by atoms with E-state index in [0.29, 0.717) is 36.5 Å². The highest BCUT2D eigenvalue weighted by Gasteiger charge is 2.32. The Morgan fingerprint density at radius 1 is 1.20 bits per heavy atom. The highest BCUT2D eigenvalue weighted by molar-refractivity contribution is 8.26. The molecule has 2 aliphatic heterocycles. The topological polar surface area (TPSA) is 67.9 Å². The van der Waals surface area contributed by atoms with Crippen molar-refractivity contribution in [2.45, 2.75) is 6.42 Å². The number of nitrogens with one attached hydrogen (secondary N) is 1. The number of halogens is 2. The standard InChI is InChI=1S/C20H14Cl2N2O4S2/c21-12-2-1-3-13(22)18(12)23-17(25)6-7-24-19(26)16(30-20(24)29)9-11-4-5-14-15(8-11)28-10-27-14/h1-5,8-9H,6-7,10H2,(H,23,25). The molecule has 2 aliphatic rings. The van der Waals surface area contributed by atoms with Gasteiger partial charge in [0.05, 0.1) is 20.6 Å². The van der Waals surface area contributed by atoms with Gasteiger partial charge in [-0.2, -0.15) is 0 Å². The van der Waals surface area contributed by atoms with Crippen LogP contribution in [0.25, 0.3) is 6.08 Å². The van der Waals surface area contributed by atoms with E-state index in [1.807, 2.05) is 6.07 Å². The molecule has 2 amide bonds. The van der Waals surface area contributed by atoms with E-state index in [0.717, 1.165) is 5.56 Å². The summed E-state index contributed by atoms with van der Waals surface area (Å²) in [5.74, 6) is 0.739. The molecule has 0 bridgehead atoms. The predicted octanol–water partition coefficient (Wildman–Crippen LogP) is 4.95. The Bertz CT molecular complexity index is 1070. The monoisotopic (exact) mass is 480 g/mol. The van der Waals surface area contributed by atoms with E-state index in [-0.39, 0.29) is 31.6 Å². The van der Waals surface area contributed by atoms with Crippen LogP contribution in [0.4, 0.5) is 5.69 Å². The maximum Gasteiger partial charge on any atom is 0.266 e. The number of hydrogen-bond donors (Lipinski definition) is 1. The molecule has 0 atom stereocenters. The Hall–Kier alpha value is -2.26. The fraction of sp³-hybridized carbons (Fsp3) is 0.150. The van der Waals surface area contributed by atoms with Gasteiger partial charge in [-0.3, -0.25) is 14.5 Å². The first-order valence-electron chi connectivity index (χ1n) is 8.81. The zero-order valence-corrected chi connectivity index (χ0v) is 18.5. The minimum absolute atomic E-state index is 0.0469. The zero-order valence-electron chi connectivity index (χ0n) is 15.3. The van der Waals surface area contributed by atoms with Crippen LogP contribution in [0.3, 0.4) is 0 Å². The molecule has 0 aliphatic carbocycles. The molecule has 0 unspecified atom stereocenters. The van der Waals surface area contributed by atoms with Gasteiger partial charge in [-0.25, -0.2) is 0 Å². The number of carbonyl (C=O) groups is 2. The van der Waals surface area contributed by atoms with Gasteiger partial charge >= 0.3 is 0 Å². The number of amides is 2. The molecule has 0 radical (unpaired) electrons. The molecule has 0 spiro atoms. The minimum atomic E-state index is -0.321. The van der Waals surface area contributed by atoms with Crippen LogP contribution in [0.5, 0.6) is 11.5 Å². The Morgan fingerprint density at radius 3 is 2.70 bits per heavy atom. The molecule has 30 heavy (non-hydrogen) atoms. The number of thioether (sulfide) groups is 1. The number of hydrogen-bond acceptors (Lipinski definition) is 6. The van der Waals surface area contributed by atoms with Gasteiger partial charge in [-0.05, 0) is 35.9 Å².